The van der Waals surface area contributed by atoms with Crippen LogP contribution in [0.5, 0.6) is 0 Å². The minimum atomic E-state index is -0.0926. The third kappa shape index (κ3) is 4.49. The predicted octanol–water partition coefficient (Wildman–Crippen LogP) is 4.51. The van der Waals surface area contributed by atoms with Crippen molar-refractivity contribution in [2.45, 2.75) is 32.7 Å². The Balaban J connectivity index is 1.55. The summed E-state index contributed by atoms with van der Waals surface area (Å²) in [5.74, 6) is 0.939. The van der Waals surface area contributed by atoms with Gasteiger partial charge in [0.2, 0.25) is 17.6 Å². The molecule has 1 aromatic heterocycles. The number of carbonyl (C=O) groups excluding carboxylic acids is 1. The quantitative estimate of drug-likeness (QED) is 0.694. The molecule has 1 heterocycles. The maximum absolute atomic E-state index is 12.2. The second-order valence-corrected chi connectivity index (χ2v) is 6.60. The van der Waals surface area contributed by atoms with E-state index in [0.29, 0.717) is 23.2 Å². The molecule has 0 saturated carbocycles. The third-order valence-corrected chi connectivity index (χ3v) is 4.42. The van der Waals surface area contributed by atoms with Crippen molar-refractivity contribution in [2.24, 2.45) is 0 Å². The highest BCUT2D eigenvalue weighted by molar-refractivity contribution is 6.30. The van der Waals surface area contributed by atoms with Crippen molar-refractivity contribution >= 4 is 17.5 Å². The first-order valence-electron chi connectivity index (χ1n) is 8.46. The van der Waals surface area contributed by atoms with Crippen LogP contribution >= 0.6 is 11.6 Å². The fourth-order valence-corrected chi connectivity index (χ4v) is 2.78. The van der Waals surface area contributed by atoms with Crippen molar-refractivity contribution in [2.75, 3.05) is 0 Å². The van der Waals surface area contributed by atoms with Gasteiger partial charge in [0.05, 0.1) is 6.04 Å². The van der Waals surface area contributed by atoms with Gasteiger partial charge in [-0.25, -0.2) is 0 Å². The van der Waals surface area contributed by atoms with Gasteiger partial charge in [0, 0.05) is 23.4 Å². The molecular weight excluding hydrogens is 350 g/mol. The molecule has 6 heteroatoms. The number of rotatable bonds is 6. The highest BCUT2D eigenvalue weighted by Gasteiger charge is 2.14. The van der Waals surface area contributed by atoms with E-state index in [2.05, 4.69) is 15.5 Å². The Morgan fingerprint density at radius 3 is 2.65 bits per heavy atom. The molecule has 1 N–H and O–H groups in total. The second-order valence-electron chi connectivity index (χ2n) is 6.17. The number of nitrogens with zero attached hydrogens (tertiary/aromatic N) is 2. The average molecular weight is 370 g/mol. The molecule has 0 aliphatic heterocycles. The number of nitrogens with one attached hydrogen (secondary N) is 1. The Bertz CT molecular complexity index is 890. The molecule has 1 amide bonds. The molecule has 5 nitrogen and oxygen atoms in total. The first-order valence-corrected chi connectivity index (χ1v) is 8.84. The molecule has 0 unspecified atom stereocenters. The molecule has 0 aliphatic carbocycles. The lowest BCUT2D eigenvalue weighted by Crippen LogP contribution is -2.26. The van der Waals surface area contributed by atoms with Crippen LogP contribution in [0, 0.1) is 6.92 Å². The van der Waals surface area contributed by atoms with Crippen molar-refractivity contribution in [3.63, 3.8) is 0 Å². The molecule has 0 bridgehead atoms. The minimum Gasteiger partial charge on any atom is -0.350 e. The van der Waals surface area contributed by atoms with Crippen molar-refractivity contribution in [1.29, 1.82) is 0 Å². The summed E-state index contributed by atoms with van der Waals surface area (Å²) in [6, 6.07) is 15.2. The van der Waals surface area contributed by atoms with Crippen LogP contribution in [0.15, 0.2) is 53.1 Å². The molecule has 0 saturated heterocycles. The van der Waals surface area contributed by atoms with E-state index in [1.54, 1.807) is 0 Å². The molecule has 0 radical (unpaired) electrons. The van der Waals surface area contributed by atoms with E-state index in [-0.39, 0.29) is 18.4 Å². The van der Waals surface area contributed by atoms with Crippen molar-refractivity contribution < 1.29 is 9.32 Å². The fourth-order valence-electron chi connectivity index (χ4n) is 2.66. The number of carbonyl (C=O) groups is 1. The Kier molecular flexibility index (Phi) is 5.68. The van der Waals surface area contributed by atoms with E-state index >= 15 is 0 Å². The lowest BCUT2D eigenvalue weighted by Gasteiger charge is -2.14. The maximum Gasteiger partial charge on any atom is 0.227 e. The Hall–Kier alpha value is -2.66. The zero-order valence-electron chi connectivity index (χ0n) is 14.7. The number of aromatic nitrogens is 2. The molecular formula is C20H20ClN3O2. The van der Waals surface area contributed by atoms with Crippen LogP contribution < -0.4 is 5.32 Å². The van der Waals surface area contributed by atoms with E-state index in [9.17, 15) is 4.79 Å². The van der Waals surface area contributed by atoms with Crippen LogP contribution in [-0.2, 0) is 11.2 Å². The Morgan fingerprint density at radius 2 is 1.92 bits per heavy atom. The van der Waals surface area contributed by atoms with Crippen LogP contribution in [0.2, 0.25) is 5.02 Å². The van der Waals surface area contributed by atoms with Crippen LogP contribution in [0.25, 0.3) is 11.4 Å². The molecule has 26 heavy (non-hydrogen) atoms. The zero-order valence-corrected chi connectivity index (χ0v) is 15.5. The lowest BCUT2D eigenvalue weighted by molar-refractivity contribution is -0.121. The summed E-state index contributed by atoms with van der Waals surface area (Å²) in [4.78, 5) is 16.6. The van der Waals surface area contributed by atoms with Crippen molar-refractivity contribution in [1.82, 2.24) is 15.5 Å². The number of hydrogen-bond acceptors (Lipinski definition) is 4. The van der Waals surface area contributed by atoms with Gasteiger partial charge in [-0.2, -0.15) is 4.98 Å². The van der Waals surface area contributed by atoms with Gasteiger partial charge in [-0.3, -0.25) is 4.79 Å². The predicted molar refractivity (Wildman–Crippen MR) is 101 cm³/mol. The van der Waals surface area contributed by atoms with Gasteiger partial charge in [-0.15, -0.1) is 0 Å². The lowest BCUT2D eigenvalue weighted by atomic mass is 10.1. The number of hydrogen-bond donors (Lipinski definition) is 1. The summed E-state index contributed by atoms with van der Waals surface area (Å²) in [6.07, 6.45) is 0.686. The maximum atomic E-state index is 12.2. The average Bonchev–Trinajstić information content (AvgIpc) is 3.09. The molecule has 1 atom stereocenters. The van der Waals surface area contributed by atoms with Gasteiger partial charge in [0.1, 0.15) is 0 Å². The molecule has 2 aromatic carbocycles. The normalized spacial score (nSPS) is 12.0. The van der Waals surface area contributed by atoms with Gasteiger partial charge in [0.25, 0.3) is 0 Å². The third-order valence-electron chi connectivity index (χ3n) is 4.17. The SMILES string of the molecule is Cc1ccccc1-c1noc(CCC(=O)N[C@@H](C)c2ccc(Cl)cc2)n1. The zero-order chi connectivity index (χ0) is 18.5. The molecule has 0 spiro atoms. The standard InChI is InChI=1S/C20H20ClN3O2/c1-13-5-3-4-6-17(13)20-23-19(26-24-20)12-11-18(25)22-14(2)15-7-9-16(21)10-8-15/h3-10,14H,11-12H2,1-2H3,(H,22,25)/t14-/m0/s1. The highest BCUT2D eigenvalue weighted by Crippen LogP contribution is 2.20. The number of amides is 1. The molecule has 3 rings (SSSR count). The van der Waals surface area contributed by atoms with Gasteiger partial charge in [-0.1, -0.05) is 53.2 Å². The summed E-state index contributed by atoms with van der Waals surface area (Å²) in [5.41, 5.74) is 3.01. The number of halogens is 1. The van der Waals surface area contributed by atoms with Gasteiger partial charge in [-0.05, 0) is 37.1 Å². The summed E-state index contributed by atoms with van der Waals surface area (Å²) < 4.78 is 5.27. The smallest absolute Gasteiger partial charge is 0.227 e. The Labute approximate surface area is 157 Å². The number of benzene rings is 2. The van der Waals surface area contributed by atoms with Crippen molar-refractivity contribution in [3.05, 3.63) is 70.6 Å². The fraction of sp³-hybridized carbons (Fsp3) is 0.250. The van der Waals surface area contributed by atoms with Crippen LogP contribution in [0.1, 0.15) is 36.4 Å². The van der Waals surface area contributed by atoms with Gasteiger partial charge < -0.3 is 9.84 Å². The summed E-state index contributed by atoms with van der Waals surface area (Å²) in [6.45, 7) is 3.93. The van der Waals surface area contributed by atoms with E-state index in [4.69, 9.17) is 16.1 Å². The Morgan fingerprint density at radius 1 is 1.19 bits per heavy atom. The molecule has 134 valence electrons. The summed E-state index contributed by atoms with van der Waals surface area (Å²) >= 11 is 5.88. The summed E-state index contributed by atoms with van der Waals surface area (Å²) in [7, 11) is 0. The number of aryl methyl sites for hydroxylation is 2. The first-order chi connectivity index (χ1) is 12.5. The van der Waals surface area contributed by atoms with E-state index in [1.165, 1.54) is 0 Å². The monoisotopic (exact) mass is 369 g/mol. The van der Waals surface area contributed by atoms with Gasteiger partial charge >= 0.3 is 0 Å². The van der Waals surface area contributed by atoms with Gasteiger partial charge in [0.15, 0.2) is 0 Å². The first kappa shape index (κ1) is 18.1. The second kappa shape index (κ2) is 8.15. The van der Waals surface area contributed by atoms with E-state index in [0.717, 1.165) is 16.7 Å². The van der Waals surface area contributed by atoms with Crippen molar-refractivity contribution in [3.8, 4) is 11.4 Å². The minimum absolute atomic E-state index is 0.0666. The largest absolute Gasteiger partial charge is 0.350 e. The molecule has 0 fully saturated rings. The summed E-state index contributed by atoms with van der Waals surface area (Å²) in [5, 5.41) is 7.65. The molecule has 0 aliphatic rings. The van der Waals surface area contributed by atoms with Crippen LogP contribution in [0.4, 0.5) is 0 Å². The highest BCUT2D eigenvalue weighted by atomic mass is 35.5. The molecule has 3 aromatic rings. The van der Waals surface area contributed by atoms with E-state index in [1.807, 2.05) is 62.4 Å². The van der Waals surface area contributed by atoms with Crippen LogP contribution in [-0.4, -0.2) is 16.0 Å². The van der Waals surface area contributed by atoms with Crippen LogP contribution in [0.3, 0.4) is 0 Å². The topological polar surface area (TPSA) is 68.0 Å². The van der Waals surface area contributed by atoms with E-state index < -0.39 is 0 Å².